The molecule has 6 heteroatoms. The number of nitrogens with one attached hydrogen (secondary N) is 1. The fraction of sp³-hybridized carbons (Fsp3) is 0.391. The Bertz CT molecular complexity index is 857. The number of carbonyl (C=O) groups excluding carboxylic acids is 2. The number of para-hydroxylation sites is 1. The number of ether oxygens (including phenoxy) is 1. The third kappa shape index (κ3) is 4.42. The van der Waals surface area contributed by atoms with E-state index in [1.165, 1.54) is 12.1 Å². The van der Waals surface area contributed by atoms with Gasteiger partial charge in [-0.1, -0.05) is 30.3 Å². The lowest BCUT2D eigenvalue weighted by molar-refractivity contribution is -0.123. The molecule has 1 aliphatic heterocycles. The fourth-order valence-corrected chi connectivity index (χ4v) is 3.92. The van der Waals surface area contributed by atoms with Crippen LogP contribution in [0.25, 0.3) is 0 Å². The van der Waals surface area contributed by atoms with Crippen LogP contribution in [0.15, 0.2) is 54.6 Å². The highest BCUT2D eigenvalue weighted by Crippen LogP contribution is 2.48. The summed E-state index contributed by atoms with van der Waals surface area (Å²) in [6.45, 7) is 1.84. The van der Waals surface area contributed by atoms with Crippen LogP contribution in [0.1, 0.15) is 31.2 Å². The molecule has 1 saturated heterocycles. The summed E-state index contributed by atoms with van der Waals surface area (Å²) in [5, 5.41) is 3.08. The largest absolute Gasteiger partial charge is 0.415 e. The summed E-state index contributed by atoms with van der Waals surface area (Å²) in [5.41, 5.74) is 0.392. The summed E-state index contributed by atoms with van der Waals surface area (Å²) in [6, 6.07) is 15.3. The molecular weight excluding hydrogens is 371 g/mol. The van der Waals surface area contributed by atoms with Crippen LogP contribution in [-0.4, -0.2) is 36.5 Å². The van der Waals surface area contributed by atoms with Crippen LogP contribution in [0.4, 0.5) is 9.18 Å². The zero-order valence-electron chi connectivity index (χ0n) is 16.3. The standard InChI is InChI=1S/C23H25FN2O3/c24-19-8-6-18(7-9-19)23(12-13-23)21(27)25-16-17-10-14-26(15-11-17)22(28)29-20-4-2-1-3-5-20/h1-9,17H,10-16H2,(H,25,27). The second-order valence-corrected chi connectivity index (χ2v) is 7.91. The number of halogens is 1. The number of benzene rings is 2. The highest BCUT2D eigenvalue weighted by molar-refractivity contribution is 5.91. The van der Waals surface area contributed by atoms with E-state index in [0.717, 1.165) is 31.2 Å². The number of likely N-dealkylation sites (tertiary alicyclic amines) is 1. The summed E-state index contributed by atoms with van der Waals surface area (Å²) in [7, 11) is 0. The Morgan fingerprint density at radius 1 is 1.03 bits per heavy atom. The first-order chi connectivity index (χ1) is 14.1. The normalized spacial score (nSPS) is 18.2. The van der Waals surface area contributed by atoms with Crippen LogP contribution in [-0.2, 0) is 10.2 Å². The van der Waals surface area contributed by atoms with E-state index in [4.69, 9.17) is 4.74 Å². The van der Waals surface area contributed by atoms with Crippen LogP contribution in [0.5, 0.6) is 5.75 Å². The van der Waals surface area contributed by atoms with E-state index in [1.54, 1.807) is 29.2 Å². The summed E-state index contributed by atoms with van der Waals surface area (Å²) in [6.07, 6.45) is 2.93. The Morgan fingerprint density at radius 3 is 2.31 bits per heavy atom. The Morgan fingerprint density at radius 2 is 1.69 bits per heavy atom. The third-order valence-electron chi connectivity index (χ3n) is 5.95. The highest BCUT2D eigenvalue weighted by Gasteiger charge is 2.51. The van der Waals surface area contributed by atoms with Crippen molar-refractivity contribution in [2.45, 2.75) is 31.1 Å². The topological polar surface area (TPSA) is 58.6 Å². The molecule has 1 N–H and O–H groups in total. The minimum absolute atomic E-state index is 0.0232. The lowest BCUT2D eigenvalue weighted by atomic mass is 9.93. The molecule has 0 unspecified atom stereocenters. The van der Waals surface area contributed by atoms with Crippen LogP contribution in [0.2, 0.25) is 0 Å². The van der Waals surface area contributed by atoms with E-state index in [1.807, 2.05) is 18.2 Å². The maximum absolute atomic E-state index is 13.2. The molecule has 1 aliphatic carbocycles. The Hall–Kier alpha value is -2.89. The average Bonchev–Trinajstić information content (AvgIpc) is 3.56. The zero-order chi connectivity index (χ0) is 20.3. The summed E-state index contributed by atoms with van der Waals surface area (Å²) < 4.78 is 18.5. The van der Waals surface area contributed by atoms with E-state index in [2.05, 4.69) is 5.32 Å². The lowest BCUT2D eigenvalue weighted by Crippen LogP contribution is -2.44. The van der Waals surface area contributed by atoms with E-state index in [9.17, 15) is 14.0 Å². The molecule has 0 radical (unpaired) electrons. The molecule has 0 bridgehead atoms. The number of hydrogen-bond donors (Lipinski definition) is 1. The van der Waals surface area contributed by atoms with Gasteiger partial charge in [-0.2, -0.15) is 0 Å². The van der Waals surface area contributed by atoms with Gasteiger partial charge in [-0.05, 0) is 61.4 Å². The van der Waals surface area contributed by atoms with Gasteiger partial charge in [0.2, 0.25) is 5.91 Å². The Labute approximate surface area is 169 Å². The molecule has 2 aliphatic rings. The summed E-state index contributed by atoms with van der Waals surface area (Å²) in [5.74, 6) is 0.615. The first-order valence-electron chi connectivity index (χ1n) is 10.1. The van der Waals surface area contributed by atoms with Gasteiger partial charge >= 0.3 is 6.09 Å². The van der Waals surface area contributed by atoms with Crippen LogP contribution in [0.3, 0.4) is 0 Å². The smallest absolute Gasteiger partial charge is 0.410 e. The van der Waals surface area contributed by atoms with Gasteiger partial charge in [0.15, 0.2) is 0 Å². The second-order valence-electron chi connectivity index (χ2n) is 7.91. The number of carbonyl (C=O) groups is 2. The van der Waals surface area contributed by atoms with Gasteiger partial charge < -0.3 is 15.0 Å². The van der Waals surface area contributed by atoms with E-state index in [0.29, 0.717) is 31.3 Å². The fourth-order valence-electron chi connectivity index (χ4n) is 3.92. The van der Waals surface area contributed by atoms with Crippen molar-refractivity contribution >= 4 is 12.0 Å². The Balaban J connectivity index is 1.23. The predicted octanol–water partition coefficient (Wildman–Crippen LogP) is 3.88. The molecule has 152 valence electrons. The van der Waals surface area contributed by atoms with Crippen LogP contribution >= 0.6 is 0 Å². The molecule has 29 heavy (non-hydrogen) atoms. The van der Waals surface area contributed by atoms with Gasteiger partial charge in [0.05, 0.1) is 5.41 Å². The van der Waals surface area contributed by atoms with Crippen LogP contribution < -0.4 is 10.1 Å². The monoisotopic (exact) mass is 396 g/mol. The van der Waals surface area contributed by atoms with Gasteiger partial charge in [0, 0.05) is 19.6 Å². The maximum Gasteiger partial charge on any atom is 0.415 e. The van der Waals surface area contributed by atoms with Crippen molar-refractivity contribution in [1.29, 1.82) is 0 Å². The first kappa shape index (κ1) is 19.4. The maximum atomic E-state index is 13.2. The first-order valence-corrected chi connectivity index (χ1v) is 10.1. The van der Waals surface area contributed by atoms with Gasteiger partial charge in [-0.15, -0.1) is 0 Å². The van der Waals surface area contributed by atoms with E-state index in [-0.39, 0.29) is 17.8 Å². The number of rotatable bonds is 5. The van der Waals surface area contributed by atoms with Gasteiger partial charge in [-0.3, -0.25) is 4.79 Å². The van der Waals surface area contributed by atoms with Crippen molar-refractivity contribution in [3.8, 4) is 5.75 Å². The number of nitrogens with zero attached hydrogens (tertiary/aromatic N) is 1. The molecule has 2 aromatic rings. The molecular formula is C23H25FN2O3. The number of hydrogen-bond acceptors (Lipinski definition) is 3. The molecule has 1 saturated carbocycles. The molecule has 2 aromatic carbocycles. The highest BCUT2D eigenvalue weighted by atomic mass is 19.1. The molecule has 4 rings (SSSR count). The minimum atomic E-state index is -0.492. The van der Waals surface area contributed by atoms with Crippen molar-refractivity contribution in [2.75, 3.05) is 19.6 Å². The van der Waals surface area contributed by atoms with Crippen molar-refractivity contribution < 1.29 is 18.7 Å². The molecule has 0 aromatic heterocycles. The Kier molecular flexibility index (Phi) is 5.51. The minimum Gasteiger partial charge on any atom is -0.410 e. The summed E-state index contributed by atoms with van der Waals surface area (Å²) in [4.78, 5) is 26.7. The average molecular weight is 396 g/mol. The molecule has 0 spiro atoms. The third-order valence-corrected chi connectivity index (χ3v) is 5.95. The van der Waals surface area contributed by atoms with Crippen molar-refractivity contribution in [3.63, 3.8) is 0 Å². The van der Waals surface area contributed by atoms with Crippen molar-refractivity contribution in [3.05, 3.63) is 66.0 Å². The number of amides is 2. The van der Waals surface area contributed by atoms with Gasteiger partial charge in [0.25, 0.3) is 0 Å². The molecule has 0 atom stereocenters. The quantitative estimate of drug-likeness (QED) is 0.834. The molecule has 2 fully saturated rings. The lowest BCUT2D eigenvalue weighted by Gasteiger charge is -2.31. The van der Waals surface area contributed by atoms with Gasteiger partial charge in [0.1, 0.15) is 11.6 Å². The number of piperidine rings is 1. The van der Waals surface area contributed by atoms with E-state index >= 15 is 0 Å². The van der Waals surface area contributed by atoms with Crippen LogP contribution in [0, 0.1) is 11.7 Å². The van der Waals surface area contributed by atoms with Crippen molar-refractivity contribution in [2.24, 2.45) is 5.92 Å². The van der Waals surface area contributed by atoms with E-state index < -0.39 is 5.41 Å². The summed E-state index contributed by atoms with van der Waals surface area (Å²) >= 11 is 0. The van der Waals surface area contributed by atoms with Gasteiger partial charge in [-0.25, -0.2) is 9.18 Å². The SMILES string of the molecule is O=C(Oc1ccccc1)N1CCC(CNC(=O)C2(c3ccc(F)cc3)CC2)CC1. The molecule has 2 amide bonds. The second kappa shape index (κ2) is 8.23. The molecule has 1 heterocycles. The molecule has 5 nitrogen and oxygen atoms in total. The zero-order valence-corrected chi connectivity index (χ0v) is 16.3. The van der Waals surface area contributed by atoms with Crippen molar-refractivity contribution in [1.82, 2.24) is 10.2 Å². The predicted molar refractivity (Wildman–Crippen MR) is 107 cm³/mol.